The number of halogens is 1. The van der Waals surface area contributed by atoms with E-state index in [0.717, 1.165) is 37.7 Å². The minimum atomic E-state index is -0.423. The number of hydrogen-bond acceptors (Lipinski definition) is 3. The third-order valence-electron chi connectivity index (χ3n) is 6.05. The molecular weight excluding hydrogens is 357 g/mol. The number of carbonyl (C=O) groups is 2. The zero-order valence-electron chi connectivity index (χ0n) is 15.9. The third-order valence-corrected chi connectivity index (χ3v) is 6.05. The van der Waals surface area contributed by atoms with Crippen molar-refractivity contribution in [3.63, 3.8) is 0 Å². The first-order chi connectivity index (χ1) is 13.4. The lowest BCUT2D eigenvalue weighted by Crippen LogP contribution is -2.55. The molecule has 2 bridgehead atoms. The summed E-state index contributed by atoms with van der Waals surface area (Å²) < 4.78 is 13.5. The molecule has 6 heteroatoms. The summed E-state index contributed by atoms with van der Waals surface area (Å²) in [4.78, 5) is 29.5. The molecule has 146 valence electrons. The average molecular weight is 381 g/mol. The van der Waals surface area contributed by atoms with E-state index in [4.69, 9.17) is 0 Å². The second kappa shape index (κ2) is 7.00. The highest BCUT2D eigenvalue weighted by atomic mass is 19.1. The second-order valence-corrected chi connectivity index (χ2v) is 8.26. The smallest absolute Gasteiger partial charge is 0.253 e. The van der Waals surface area contributed by atoms with E-state index >= 15 is 0 Å². The maximum Gasteiger partial charge on any atom is 0.253 e. The summed E-state index contributed by atoms with van der Waals surface area (Å²) in [6, 6.07) is 7.57. The Morgan fingerprint density at radius 2 is 1.64 bits per heavy atom. The summed E-state index contributed by atoms with van der Waals surface area (Å²) in [5, 5.41) is 6.37. The van der Waals surface area contributed by atoms with Crippen LogP contribution in [0.25, 0.3) is 0 Å². The standard InChI is InChI=1S/C22H24FN3O2/c1-15-10-17(13-24-12-15)20(28)26-22-7-3-6-21(14-22,8-9-22)25-19(27)16-4-2-5-18(23)11-16/h2,4-5,10-13H,3,6-9,14H2,1H3,(H,25,27)(H,26,28). The van der Waals surface area contributed by atoms with Crippen LogP contribution in [-0.4, -0.2) is 27.9 Å². The van der Waals surface area contributed by atoms with Gasteiger partial charge in [-0.25, -0.2) is 4.39 Å². The first-order valence-electron chi connectivity index (χ1n) is 9.71. The average Bonchev–Trinajstić information content (AvgIpc) is 2.91. The number of aryl methyl sites for hydroxylation is 1. The Kier molecular flexibility index (Phi) is 4.65. The quantitative estimate of drug-likeness (QED) is 0.851. The van der Waals surface area contributed by atoms with Crippen LogP contribution in [0.1, 0.15) is 64.8 Å². The van der Waals surface area contributed by atoms with Gasteiger partial charge >= 0.3 is 0 Å². The molecule has 2 N–H and O–H groups in total. The number of benzene rings is 1. The molecule has 1 aromatic heterocycles. The van der Waals surface area contributed by atoms with Gasteiger partial charge in [0.25, 0.3) is 11.8 Å². The van der Waals surface area contributed by atoms with E-state index in [2.05, 4.69) is 15.6 Å². The van der Waals surface area contributed by atoms with Crippen molar-refractivity contribution < 1.29 is 14.0 Å². The number of fused-ring (bicyclic) bond motifs is 2. The third kappa shape index (κ3) is 3.63. The van der Waals surface area contributed by atoms with Crippen LogP contribution in [0.3, 0.4) is 0 Å². The summed E-state index contributed by atoms with van der Waals surface area (Å²) in [7, 11) is 0. The SMILES string of the molecule is Cc1cncc(C(=O)NC23CCCC(NC(=O)c4cccc(F)c4)(CC2)C3)c1. The van der Waals surface area contributed by atoms with Crippen LogP contribution in [0.4, 0.5) is 4.39 Å². The van der Waals surface area contributed by atoms with Gasteiger partial charge in [0.05, 0.1) is 5.56 Å². The van der Waals surface area contributed by atoms with E-state index < -0.39 is 5.82 Å². The molecule has 2 atom stereocenters. The number of nitrogens with one attached hydrogen (secondary N) is 2. The summed E-state index contributed by atoms with van der Waals surface area (Å²) >= 11 is 0. The van der Waals surface area contributed by atoms with Crippen LogP contribution in [0.5, 0.6) is 0 Å². The van der Waals surface area contributed by atoms with Gasteiger partial charge in [-0.1, -0.05) is 6.07 Å². The maximum atomic E-state index is 13.5. The van der Waals surface area contributed by atoms with Gasteiger partial charge in [-0.2, -0.15) is 0 Å². The normalized spacial score (nSPS) is 25.9. The molecule has 2 unspecified atom stereocenters. The van der Waals surface area contributed by atoms with Gasteiger partial charge in [-0.3, -0.25) is 14.6 Å². The number of pyridine rings is 1. The molecule has 0 saturated heterocycles. The van der Waals surface area contributed by atoms with Crippen molar-refractivity contribution in [2.45, 2.75) is 56.5 Å². The van der Waals surface area contributed by atoms with E-state index in [9.17, 15) is 14.0 Å². The first-order valence-corrected chi connectivity index (χ1v) is 9.71. The summed E-state index contributed by atoms with van der Waals surface area (Å²) in [6.45, 7) is 1.91. The van der Waals surface area contributed by atoms with Crippen LogP contribution >= 0.6 is 0 Å². The van der Waals surface area contributed by atoms with E-state index in [-0.39, 0.29) is 22.9 Å². The zero-order chi connectivity index (χ0) is 19.8. The first kappa shape index (κ1) is 18.6. The monoisotopic (exact) mass is 381 g/mol. The highest BCUT2D eigenvalue weighted by Crippen LogP contribution is 2.48. The lowest BCUT2D eigenvalue weighted by Gasteiger charge is -2.40. The van der Waals surface area contributed by atoms with E-state index in [1.54, 1.807) is 18.5 Å². The molecule has 2 aliphatic rings. The maximum absolute atomic E-state index is 13.5. The molecular formula is C22H24FN3O2. The fourth-order valence-electron chi connectivity index (χ4n) is 4.77. The van der Waals surface area contributed by atoms with E-state index in [1.165, 1.54) is 18.2 Å². The Morgan fingerprint density at radius 1 is 0.964 bits per heavy atom. The Labute approximate surface area is 163 Å². The van der Waals surface area contributed by atoms with Gasteiger partial charge in [0.1, 0.15) is 5.82 Å². The number of rotatable bonds is 4. The Bertz CT molecular complexity index is 858. The zero-order valence-corrected chi connectivity index (χ0v) is 15.9. The number of nitrogens with zero attached hydrogens (tertiary/aromatic N) is 1. The number of amides is 2. The lowest BCUT2D eigenvalue weighted by atomic mass is 9.78. The lowest BCUT2D eigenvalue weighted by molar-refractivity contribution is 0.0832. The van der Waals surface area contributed by atoms with Crippen LogP contribution in [-0.2, 0) is 0 Å². The summed E-state index contributed by atoms with van der Waals surface area (Å²) in [6.07, 6.45) is 8.32. The van der Waals surface area contributed by atoms with Crippen molar-refractivity contribution in [2.24, 2.45) is 0 Å². The van der Waals surface area contributed by atoms with Crippen LogP contribution in [0.2, 0.25) is 0 Å². The predicted molar refractivity (Wildman–Crippen MR) is 103 cm³/mol. The number of hydrogen-bond donors (Lipinski definition) is 2. The van der Waals surface area contributed by atoms with Crippen molar-refractivity contribution in [3.8, 4) is 0 Å². The molecule has 2 fully saturated rings. The molecule has 2 amide bonds. The largest absolute Gasteiger partial charge is 0.347 e. The van der Waals surface area contributed by atoms with E-state index in [0.29, 0.717) is 17.5 Å². The summed E-state index contributed by atoms with van der Waals surface area (Å²) in [5.74, 6) is -0.801. The van der Waals surface area contributed by atoms with Gasteiger partial charge < -0.3 is 10.6 Å². The minimum Gasteiger partial charge on any atom is -0.347 e. The fourth-order valence-corrected chi connectivity index (χ4v) is 4.77. The van der Waals surface area contributed by atoms with Gasteiger partial charge in [-0.05, 0) is 75.3 Å². The van der Waals surface area contributed by atoms with Gasteiger partial charge in [0, 0.05) is 29.0 Å². The molecule has 0 aliphatic heterocycles. The molecule has 28 heavy (non-hydrogen) atoms. The van der Waals surface area contributed by atoms with Crippen LogP contribution < -0.4 is 10.6 Å². The van der Waals surface area contributed by atoms with Crippen molar-refractivity contribution in [1.29, 1.82) is 0 Å². The Morgan fingerprint density at radius 3 is 2.29 bits per heavy atom. The summed E-state index contributed by atoms with van der Waals surface area (Å²) in [5.41, 5.74) is 1.17. The van der Waals surface area contributed by atoms with Gasteiger partial charge in [-0.15, -0.1) is 0 Å². The van der Waals surface area contributed by atoms with Crippen LogP contribution in [0, 0.1) is 12.7 Å². The molecule has 2 aromatic rings. The fraction of sp³-hybridized carbons (Fsp3) is 0.409. The predicted octanol–water partition coefficient (Wildman–Crippen LogP) is 3.53. The van der Waals surface area contributed by atoms with E-state index in [1.807, 2.05) is 13.0 Å². The number of carbonyl (C=O) groups excluding carboxylic acids is 2. The Hall–Kier alpha value is -2.76. The number of aromatic nitrogens is 1. The molecule has 1 heterocycles. The van der Waals surface area contributed by atoms with Gasteiger partial charge in [0.15, 0.2) is 0 Å². The topological polar surface area (TPSA) is 71.1 Å². The Balaban J connectivity index is 1.48. The molecule has 0 radical (unpaired) electrons. The van der Waals surface area contributed by atoms with Crippen molar-refractivity contribution in [3.05, 3.63) is 65.2 Å². The second-order valence-electron chi connectivity index (χ2n) is 8.26. The minimum absolute atomic E-state index is 0.120. The van der Waals surface area contributed by atoms with Crippen LogP contribution in [0.15, 0.2) is 42.7 Å². The van der Waals surface area contributed by atoms with Crippen molar-refractivity contribution in [1.82, 2.24) is 15.6 Å². The molecule has 2 aliphatic carbocycles. The van der Waals surface area contributed by atoms with Gasteiger partial charge in [0.2, 0.25) is 0 Å². The molecule has 1 aromatic carbocycles. The molecule has 5 nitrogen and oxygen atoms in total. The van der Waals surface area contributed by atoms with Crippen molar-refractivity contribution in [2.75, 3.05) is 0 Å². The molecule has 2 saturated carbocycles. The highest BCUT2D eigenvalue weighted by molar-refractivity contribution is 5.95. The molecule has 4 rings (SSSR count). The van der Waals surface area contributed by atoms with Crippen molar-refractivity contribution >= 4 is 11.8 Å². The highest BCUT2D eigenvalue weighted by Gasteiger charge is 2.52. The molecule has 0 spiro atoms.